The van der Waals surface area contributed by atoms with Crippen molar-refractivity contribution in [2.24, 2.45) is 5.73 Å². The summed E-state index contributed by atoms with van der Waals surface area (Å²) in [6.07, 6.45) is 4.80. The molecule has 2 rings (SSSR count). The van der Waals surface area contributed by atoms with Gasteiger partial charge in [-0.25, -0.2) is 4.39 Å². The van der Waals surface area contributed by atoms with E-state index in [0.717, 1.165) is 18.5 Å². The highest BCUT2D eigenvalue weighted by Crippen LogP contribution is 2.29. The molecule has 0 unspecified atom stereocenters. The zero-order chi connectivity index (χ0) is 12.4. The van der Waals surface area contributed by atoms with Gasteiger partial charge in [-0.2, -0.15) is 0 Å². The van der Waals surface area contributed by atoms with Gasteiger partial charge in [0.25, 0.3) is 0 Å². The minimum atomic E-state index is -0.348. The summed E-state index contributed by atoms with van der Waals surface area (Å²) >= 11 is 0. The second-order valence-corrected chi connectivity index (χ2v) is 4.62. The number of amidine groups is 1. The predicted octanol–water partition coefficient (Wildman–Crippen LogP) is 2.49. The maximum atomic E-state index is 13.2. The van der Waals surface area contributed by atoms with Crippen LogP contribution in [0.2, 0.25) is 0 Å². The van der Waals surface area contributed by atoms with Gasteiger partial charge in [0.15, 0.2) is 0 Å². The molecule has 4 heteroatoms. The molecule has 0 bridgehead atoms. The number of anilines is 1. The minimum Gasteiger partial charge on any atom is -0.384 e. The van der Waals surface area contributed by atoms with Crippen molar-refractivity contribution in [1.82, 2.24) is 0 Å². The summed E-state index contributed by atoms with van der Waals surface area (Å²) in [6, 6.07) is 4.96. The van der Waals surface area contributed by atoms with Gasteiger partial charge in [0.05, 0.1) is 0 Å². The molecule has 0 radical (unpaired) electrons. The molecule has 0 spiro atoms. The molecule has 3 N–H and O–H groups in total. The first-order valence-electron chi connectivity index (χ1n) is 5.96. The number of halogens is 1. The third-order valence-electron chi connectivity index (χ3n) is 3.50. The lowest BCUT2D eigenvalue weighted by Crippen LogP contribution is -2.31. The van der Waals surface area contributed by atoms with E-state index in [1.165, 1.54) is 25.0 Å². The van der Waals surface area contributed by atoms with Crippen LogP contribution in [0.5, 0.6) is 0 Å². The van der Waals surface area contributed by atoms with Gasteiger partial charge in [0.2, 0.25) is 0 Å². The summed E-state index contributed by atoms with van der Waals surface area (Å²) in [5, 5.41) is 7.52. The zero-order valence-corrected chi connectivity index (χ0v) is 10.0. The summed E-state index contributed by atoms with van der Waals surface area (Å²) in [5.41, 5.74) is 6.85. The van der Waals surface area contributed by atoms with Crippen LogP contribution in [-0.4, -0.2) is 18.9 Å². The number of nitrogens with zero attached hydrogens (tertiary/aromatic N) is 1. The Balaban J connectivity index is 2.33. The number of hydrogen-bond acceptors (Lipinski definition) is 2. The highest BCUT2D eigenvalue weighted by Gasteiger charge is 2.22. The number of nitrogens with two attached hydrogens (primary N) is 1. The van der Waals surface area contributed by atoms with Gasteiger partial charge < -0.3 is 10.6 Å². The molecular formula is C13H18FN3. The maximum absolute atomic E-state index is 13.2. The fourth-order valence-electron chi connectivity index (χ4n) is 2.52. The van der Waals surface area contributed by atoms with Crippen molar-refractivity contribution in [2.75, 3.05) is 11.9 Å². The van der Waals surface area contributed by atoms with E-state index < -0.39 is 0 Å². The number of nitrogens with one attached hydrogen (secondary N) is 1. The molecule has 0 atom stereocenters. The molecule has 0 aliphatic heterocycles. The molecule has 0 amide bonds. The van der Waals surface area contributed by atoms with Gasteiger partial charge >= 0.3 is 0 Å². The zero-order valence-electron chi connectivity index (χ0n) is 10.0. The Kier molecular flexibility index (Phi) is 3.31. The SMILES string of the molecule is CN(c1ccc(F)cc1C(=N)N)C1CCCC1. The Morgan fingerprint density at radius 1 is 1.41 bits per heavy atom. The van der Waals surface area contributed by atoms with Crippen LogP contribution >= 0.6 is 0 Å². The first-order valence-corrected chi connectivity index (χ1v) is 5.96. The summed E-state index contributed by atoms with van der Waals surface area (Å²) in [6.45, 7) is 0. The van der Waals surface area contributed by atoms with Crippen LogP contribution in [0.15, 0.2) is 18.2 Å². The quantitative estimate of drug-likeness (QED) is 0.624. The second-order valence-electron chi connectivity index (χ2n) is 4.62. The first kappa shape index (κ1) is 11.9. The standard InChI is InChI=1S/C13H18FN3/c1-17(10-4-2-3-5-10)12-7-6-9(14)8-11(12)13(15)16/h6-8,10H,2-5H2,1H3,(H3,15,16). The van der Waals surface area contributed by atoms with E-state index in [0.29, 0.717) is 11.6 Å². The van der Waals surface area contributed by atoms with Crippen molar-refractivity contribution in [3.05, 3.63) is 29.6 Å². The summed E-state index contributed by atoms with van der Waals surface area (Å²) in [7, 11) is 2.00. The van der Waals surface area contributed by atoms with Crippen molar-refractivity contribution in [1.29, 1.82) is 5.41 Å². The van der Waals surface area contributed by atoms with E-state index in [-0.39, 0.29) is 11.7 Å². The number of nitrogen functional groups attached to an aromatic ring is 1. The van der Waals surface area contributed by atoms with E-state index in [1.807, 2.05) is 7.05 Å². The number of rotatable bonds is 3. The highest BCUT2D eigenvalue weighted by atomic mass is 19.1. The predicted molar refractivity (Wildman–Crippen MR) is 68.1 cm³/mol. The lowest BCUT2D eigenvalue weighted by Gasteiger charge is -2.28. The molecule has 1 aromatic carbocycles. The fourth-order valence-corrected chi connectivity index (χ4v) is 2.52. The Morgan fingerprint density at radius 2 is 2.06 bits per heavy atom. The van der Waals surface area contributed by atoms with Crippen LogP contribution in [0.4, 0.5) is 10.1 Å². The van der Waals surface area contributed by atoms with E-state index in [2.05, 4.69) is 4.90 Å². The van der Waals surface area contributed by atoms with Crippen molar-refractivity contribution in [3.63, 3.8) is 0 Å². The Bertz CT molecular complexity index is 425. The lowest BCUT2D eigenvalue weighted by molar-refractivity contribution is 0.624. The van der Waals surface area contributed by atoms with Gasteiger partial charge in [-0.1, -0.05) is 12.8 Å². The average molecular weight is 235 g/mol. The molecule has 1 aromatic rings. The maximum Gasteiger partial charge on any atom is 0.125 e. The normalized spacial score (nSPS) is 16.1. The Morgan fingerprint density at radius 3 is 2.65 bits per heavy atom. The summed E-state index contributed by atoms with van der Waals surface area (Å²) < 4.78 is 13.2. The highest BCUT2D eigenvalue weighted by molar-refractivity contribution is 6.00. The van der Waals surface area contributed by atoms with Crippen LogP contribution in [0.1, 0.15) is 31.2 Å². The Labute approximate surface area is 101 Å². The summed E-state index contributed by atoms with van der Waals surface area (Å²) in [4.78, 5) is 2.13. The molecule has 3 nitrogen and oxygen atoms in total. The molecule has 0 saturated heterocycles. The van der Waals surface area contributed by atoms with Crippen LogP contribution in [0.25, 0.3) is 0 Å². The minimum absolute atomic E-state index is 0.0793. The molecular weight excluding hydrogens is 217 g/mol. The molecule has 1 saturated carbocycles. The molecule has 17 heavy (non-hydrogen) atoms. The topological polar surface area (TPSA) is 53.1 Å². The van der Waals surface area contributed by atoms with Gasteiger partial charge in [-0.3, -0.25) is 5.41 Å². The van der Waals surface area contributed by atoms with Crippen LogP contribution in [0, 0.1) is 11.2 Å². The lowest BCUT2D eigenvalue weighted by atomic mass is 10.1. The van der Waals surface area contributed by atoms with Crippen LogP contribution in [0.3, 0.4) is 0 Å². The van der Waals surface area contributed by atoms with Gasteiger partial charge in [-0.15, -0.1) is 0 Å². The molecule has 0 aromatic heterocycles. The van der Waals surface area contributed by atoms with E-state index in [9.17, 15) is 4.39 Å². The van der Waals surface area contributed by atoms with Crippen LogP contribution < -0.4 is 10.6 Å². The van der Waals surface area contributed by atoms with E-state index >= 15 is 0 Å². The molecule has 0 heterocycles. The van der Waals surface area contributed by atoms with E-state index in [4.69, 9.17) is 11.1 Å². The van der Waals surface area contributed by atoms with Gasteiger partial charge in [0, 0.05) is 24.3 Å². The first-order chi connectivity index (χ1) is 8.09. The smallest absolute Gasteiger partial charge is 0.125 e. The number of hydrogen-bond donors (Lipinski definition) is 2. The van der Waals surface area contributed by atoms with E-state index in [1.54, 1.807) is 6.07 Å². The summed E-state index contributed by atoms with van der Waals surface area (Å²) in [5.74, 6) is -0.428. The van der Waals surface area contributed by atoms with Crippen molar-refractivity contribution in [3.8, 4) is 0 Å². The third-order valence-corrected chi connectivity index (χ3v) is 3.50. The monoisotopic (exact) mass is 235 g/mol. The molecule has 1 fully saturated rings. The average Bonchev–Trinajstić information content (AvgIpc) is 2.81. The fraction of sp³-hybridized carbons (Fsp3) is 0.462. The Hall–Kier alpha value is -1.58. The third kappa shape index (κ3) is 2.40. The van der Waals surface area contributed by atoms with Gasteiger partial charge in [-0.05, 0) is 31.0 Å². The molecule has 1 aliphatic rings. The van der Waals surface area contributed by atoms with Gasteiger partial charge in [0.1, 0.15) is 11.7 Å². The number of benzene rings is 1. The van der Waals surface area contributed by atoms with Crippen LogP contribution in [-0.2, 0) is 0 Å². The molecule has 1 aliphatic carbocycles. The largest absolute Gasteiger partial charge is 0.384 e. The van der Waals surface area contributed by atoms with Crippen molar-refractivity contribution >= 4 is 11.5 Å². The van der Waals surface area contributed by atoms with Crippen molar-refractivity contribution < 1.29 is 4.39 Å². The van der Waals surface area contributed by atoms with Crippen molar-refractivity contribution in [2.45, 2.75) is 31.7 Å². The molecule has 92 valence electrons. The second kappa shape index (κ2) is 4.73.